The average molecular weight is 231 g/mol. The first kappa shape index (κ1) is 13.4. The largest absolute Gasteiger partial charge is 0.481 e. The van der Waals surface area contributed by atoms with Crippen molar-refractivity contribution in [3.05, 3.63) is 0 Å². The van der Waals surface area contributed by atoms with Gasteiger partial charge in [0.15, 0.2) is 0 Å². The number of rotatable bonds is 7. The number of nitrogens with zero attached hydrogens (tertiary/aromatic N) is 1. The number of carboxylic acids is 1. The van der Waals surface area contributed by atoms with Crippen LogP contribution in [-0.4, -0.2) is 62.0 Å². The van der Waals surface area contributed by atoms with Crippen LogP contribution in [0.4, 0.5) is 0 Å². The molecule has 1 fully saturated rings. The molecule has 1 N–H and O–H groups in total. The van der Waals surface area contributed by atoms with E-state index in [2.05, 4.69) is 4.90 Å². The lowest BCUT2D eigenvalue weighted by Gasteiger charge is -2.35. The molecule has 0 saturated carbocycles. The third kappa shape index (κ3) is 4.92. The van der Waals surface area contributed by atoms with Crippen LogP contribution >= 0.6 is 0 Å². The van der Waals surface area contributed by atoms with E-state index in [0.717, 1.165) is 32.7 Å². The van der Waals surface area contributed by atoms with Gasteiger partial charge in [0.2, 0.25) is 0 Å². The number of carboxylic acid groups (broad SMARTS) is 1. The van der Waals surface area contributed by atoms with Crippen molar-refractivity contribution in [2.24, 2.45) is 0 Å². The maximum Gasteiger partial charge on any atom is 0.303 e. The molecule has 0 aromatic rings. The van der Waals surface area contributed by atoms with Gasteiger partial charge in [0.05, 0.1) is 13.2 Å². The Balaban J connectivity index is 2.28. The topological polar surface area (TPSA) is 59.0 Å². The molecule has 0 bridgehead atoms. The molecule has 1 unspecified atom stereocenters. The second kappa shape index (κ2) is 7.60. The molecular weight excluding hydrogens is 210 g/mol. The Kier molecular flexibility index (Phi) is 6.37. The molecule has 1 atom stereocenters. The summed E-state index contributed by atoms with van der Waals surface area (Å²) >= 11 is 0. The first-order valence-corrected chi connectivity index (χ1v) is 5.76. The van der Waals surface area contributed by atoms with Crippen molar-refractivity contribution in [2.45, 2.75) is 25.3 Å². The van der Waals surface area contributed by atoms with Crippen molar-refractivity contribution in [1.82, 2.24) is 4.90 Å². The summed E-state index contributed by atoms with van der Waals surface area (Å²) in [4.78, 5) is 12.8. The maximum atomic E-state index is 10.5. The molecule has 1 saturated heterocycles. The molecule has 1 rings (SSSR count). The molecule has 1 aliphatic rings. The van der Waals surface area contributed by atoms with E-state index in [9.17, 15) is 4.79 Å². The molecule has 0 aliphatic carbocycles. The lowest BCUT2D eigenvalue weighted by atomic mass is 10.1. The van der Waals surface area contributed by atoms with Crippen LogP contribution in [-0.2, 0) is 14.3 Å². The lowest BCUT2D eigenvalue weighted by Crippen LogP contribution is -2.46. The molecule has 94 valence electrons. The number of morpholine rings is 1. The van der Waals surface area contributed by atoms with Crippen molar-refractivity contribution >= 4 is 5.97 Å². The zero-order chi connectivity index (χ0) is 11.8. The first-order chi connectivity index (χ1) is 7.74. The highest BCUT2D eigenvalue weighted by Gasteiger charge is 2.22. The fraction of sp³-hybridized carbons (Fsp3) is 0.909. The Labute approximate surface area is 96.3 Å². The van der Waals surface area contributed by atoms with Crippen LogP contribution in [0.25, 0.3) is 0 Å². The average Bonchev–Trinajstić information content (AvgIpc) is 2.28. The molecule has 0 amide bonds. The maximum absolute atomic E-state index is 10.5. The zero-order valence-corrected chi connectivity index (χ0v) is 9.85. The summed E-state index contributed by atoms with van der Waals surface area (Å²) in [5, 5.41) is 8.67. The number of methoxy groups -OCH3 is 1. The molecule has 5 heteroatoms. The van der Waals surface area contributed by atoms with E-state index in [4.69, 9.17) is 14.6 Å². The van der Waals surface area contributed by atoms with Crippen molar-refractivity contribution < 1.29 is 19.4 Å². The number of hydrogen-bond acceptors (Lipinski definition) is 4. The van der Waals surface area contributed by atoms with Crippen molar-refractivity contribution in [3.8, 4) is 0 Å². The van der Waals surface area contributed by atoms with Crippen LogP contribution in [0.5, 0.6) is 0 Å². The smallest absolute Gasteiger partial charge is 0.303 e. The van der Waals surface area contributed by atoms with Crippen molar-refractivity contribution in [2.75, 3.05) is 40.0 Å². The SMILES string of the molecule is COCCCN1CCOCC1CCC(=O)O. The summed E-state index contributed by atoms with van der Waals surface area (Å²) in [5.74, 6) is -0.734. The highest BCUT2D eigenvalue weighted by atomic mass is 16.5. The van der Waals surface area contributed by atoms with Crippen molar-refractivity contribution in [1.29, 1.82) is 0 Å². The molecule has 0 aromatic heterocycles. The number of aliphatic carboxylic acids is 1. The zero-order valence-electron chi connectivity index (χ0n) is 9.85. The van der Waals surface area contributed by atoms with E-state index >= 15 is 0 Å². The van der Waals surface area contributed by atoms with Crippen LogP contribution in [0.3, 0.4) is 0 Å². The number of hydrogen-bond donors (Lipinski definition) is 1. The van der Waals surface area contributed by atoms with E-state index in [0.29, 0.717) is 13.0 Å². The summed E-state index contributed by atoms with van der Waals surface area (Å²) in [6, 6.07) is 0.252. The van der Waals surface area contributed by atoms with Gasteiger partial charge in [0, 0.05) is 39.3 Å². The second-order valence-corrected chi connectivity index (χ2v) is 4.04. The number of ether oxygens (including phenoxy) is 2. The van der Waals surface area contributed by atoms with Gasteiger partial charge in [-0.1, -0.05) is 0 Å². The Morgan fingerprint density at radius 1 is 1.62 bits per heavy atom. The second-order valence-electron chi connectivity index (χ2n) is 4.04. The van der Waals surface area contributed by atoms with Gasteiger partial charge in [-0.3, -0.25) is 9.69 Å². The van der Waals surface area contributed by atoms with Crippen molar-refractivity contribution in [3.63, 3.8) is 0 Å². The van der Waals surface area contributed by atoms with Gasteiger partial charge in [-0.25, -0.2) is 0 Å². The van der Waals surface area contributed by atoms with Gasteiger partial charge in [-0.15, -0.1) is 0 Å². The normalized spacial score (nSPS) is 22.2. The Hall–Kier alpha value is -0.650. The Bertz CT molecular complexity index is 210. The molecule has 1 heterocycles. The predicted molar refractivity (Wildman–Crippen MR) is 59.5 cm³/mol. The number of carbonyl (C=O) groups is 1. The summed E-state index contributed by atoms with van der Waals surface area (Å²) in [6.45, 7) is 4.01. The summed E-state index contributed by atoms with van der Waals surface area (Å²) < 4.78 is 10.4. The van der Waals surface area contributed by atoms with E-state index in [1.54, 1.807) is 7.11 Å². The molecule has 1 aliphatic heterocycles. The summed E-state index contributed by atoms with van der Waals surface area (Å²) in [5.41, 5.74) is 0. The highest BCUT2D eigenvalue weighted by Crippen LogP contribution is 2.12. The van der Waals surface area contributed by atoms with Gasteiger partial charge < -0.3 is 14.6 Å². The quantitative estimate of drug-likeness (QED) is 0.650. The molecule has 16 heavy (non-hydrogen) atoms. The third-order valence-electron chi connectivity index (χ3n) is 2.83. The molecular formula is C11H21NO4. The monoisotopic (exact) mass is 231 g/mol. The lowest BCUT2D eigenvalue weighted by molar-refractivity contribution is -0.137. The summed E-state index contributed by atoms with van der Waals surface area (Å²) in [7, 11) is 1.70. The minimum absolute atomic E-state index is 0.217. The first-order valence-electron chi connectivity index (χ1n) is 5.76. The fourth-order valence-electron chi connectivity index (χ4n) is 1.95. The minimum atomic E-state index is -0.734. The predicted octanol–water partition coefficient (Wildman–Crippen LogP) is 0.589. The van der Waals surface area contributed by atoms with Crippen LogP contribution in [0.2, 0.25) is 0 Å². The standard InChI is InChI=1S/C11H21NO4/c1-15-7-2-5-12-6-8-16-9-10(12)3-4-11(13)14/h10H,2-9H2,1H3,(H,13,14). The molecule has 5 nitrogen and oxygen atoms in total. The Morgan fingerprint density at radius 3 is 3.12 bits per heavy atom. The summed E-state index contributed by atoms with van der Waals surface area (Å²) in [6.07, 6.45) is 1.87. The highest BCUT2D eigenvalue weighted by molar-refractivity contribution is 5.66. The van der Waals surface area contributed by atoms with E-state index in [-0.39, 0.29) is 12.5 Å². The van der Waals surface area contributed by atoms with Crippen LogP contribution in [0.1, 0.15) is 19.3 Å². The van der Waals surface area contributed by atoms with Gasteiger partial charge in [-0.05, 0) is 12.8 Å². The molecule has 0 spiro atoms. The van der Waals surface area contributed by atoms with E-state index in [1.165, 1.54) is 0 Å². The Morgan fingerprint density at radius 2 is 2.44 bits per heavy atom. The van der Waals surface area contributed by atoms with Gasteiger partial charge in [0.1, 0.15) is 0 Å². The van der Waals surface area contributed by atoms with Crippen LogP contribution in [0, 0.1) is 0 Å². The molecule has 0 aromatic carbocycles. The van der Waals surface area contributed by atoms with E-state index < -0.39 is 5.97 Å². The fourth-order valence-corrected chi connectivity index (χ4v) is 1.95. The van der Waals surface area contributed by atoms with E-state index in [1.807, 2.05) is 0 Å². The minimum Gasteiger partial charge on any atom is -0.481 e. The molecule has 0 radical (unpaired) electrons. The third-order valence-corrected chi connectivity index (χ3v) is 2.83. The van der Waals surface area contributed by atoms with Gasteiger partial charge in [-0.2, -0.15) is 0 Å². The van der Waals surface area contributed by atoms with Crippen LogP contribution < -0.4 is 0 Å². The van der Waals surface area contributed by atoms with Crippen LogP contribution in [0.15, 0.2) is 0 Å². The van der Waals surface area contributed by atoms with Gasteiger partial charge in [0.25, 0.3) is 0 Å². The van der Waals surface area contributed by atoms with Gasteiger partial charge >= 0.3 is 5.97 Å².